The van der Waals surface area contributed by atoms with E-state index in [0.29, 0.717) is 31.7 Å². The van der Waals surface area contributed by atoms with Crippen molar-refractivity contribution in [2.75, 3.05) is 37.6 Å². The minimum absolute atomic E-state index is 0.0728. The van der Waals surface area contributed by atoms with E-state index in [2.05, 4.69) is 9.89 Å². The van der Waals surface area contributed by atoms with Gasteiger partial charge in [0, 0.05) is 37.4 Å². The van der Waals surface area contributed by atoms with Gasteiger partial charge >= 0.3 is 0 Å². The van der Waals surface area contributed by atoms with Crippen molar-refractivity contribution in [3.05, 3.63) is 65.7 Å². The number of rotatable bonds is 4. The lowest BCUT2D eigenvalue weighted by Crippen LogP contribution is -2.54. The quantitative estimate of drug-likeness (QED) is 0.756. The molecule has 2 aromatic rings. The largest absolute Gasteiger partial charge is 0.368 e. The average Bonchev–Trinajstić information content (AvgIpc) is 2.98. The molecule has 162 valence electrons. The Labute approximate surface area is 179 Å². The molecule has 4 rings (SSSR count). The van der Waals surface area contributed by atoms with Crippen LogP contribution in [-0.2, 0) is 9.59 Å². The van der Waals surface area contributed by atoms with Gasteiger partial charge in [-0.05, 0) is 62.4 Å². The van der Waals surface area contributed by atoms with E-state index < -0.39 is 5.66 Å². The van der Waals surface area contributed by atoms with Crippen molar-refractivity contribution >= 4 is 23.2 Å². The van der Waals surface area contributed by atoms with Crippen LogP contribution in [-0.4, -0.2) is 65.7 Å². The summed E-state index contributed by atoms with van der Waals surface area (Å²) < 4.78 is 26.4. The van der Waals surface area contributed by atoms with Crippen molar-refractivity contribution < 1.29 is 18.4 Å². The molecular formula is C23H24F2N4O2. The highest BCUT2D eigenvalue weighted by atomic mass is 19.1. The topological polar surface area (TPSA) is 56.2 Å². The smallest absolute Gasteiger partial charge is 0.275 e. The minimum Gasteiger partial charge on any atom is -0.368 e. The molecule has 0 saturated carbocycles. The van der Waals surface area contributed by atoms with Gasteiger partial charge in [-0.2, -0.15) is 0 Å². The number of carbonyl (C=O) groups excluding carboxylic acids is 2. The predicted molar refractivity (Wildman–Crippen MR) is 114 cm³/mol. The molecule has 1 fully saturated rings. The molecule has 6 nitrogen and oxygen atoms in total. The Hall–Kier alpha value is -3.29. The number of hydrogen-bond acceptors (Lipinski definition) is 4. The Bertz CT molecular complexity index is 1010. The Balaban J connectivity index is 1.39. The third-order valence-corrected chi connectivity index (χ3v) is 5.73. The lowest BCUT2D eigenvalue weighted by Gasteiger charge is -2.38. The van der Waals surface area contributed by atoms with Gasteiger partial charge < -0.3 is 14.7 Å². The van der Waals surface area contributed by atoms with Crippen LogP contribution >= 0.6 is 0 Å². The summed E-state index contributed by atoms with van der Waals surface area (Å²) in [5.41, 5.74) is 0.815. The summed E-state index contributed by atoms with van der Waals surface area (Å²) >= 11 is 0. The van der Waals surface area contributed by atoms with E-state index in [9.17, 15) is 18.4 Å². The molecule has 0 bridgehead atoms. The maximum atomic E-state index is 13.2. The van der Waals surface area contributed by atoms with E-state index in [4.69, 9.17) is 0 Å². The van der Waals surface area contributed by atoms with Crippen LogP contribution in [0.1, 0.15) is 19.4 Å². The van der Waals surface area contributed by atoms with Crippen LogP contribution in [0.4, 0.5) is 14.5 Å². The number of carbonyl (C=O) groups is 2. The first-order chi connectivity index (χ1) is 14.7. The fourth-order valence-corrected chi connectivity index (χ4v) is 3.92. The van der Waals surface area contributed by atoms with Gasteiger partial charge in [0.2, 0.25) is 5.91 Å². The van der Waals surface area contributed by atoms with E-state index in [1.807, 2.05) is 0 Å². The van der Waals surface area contributed by atoms with Gasteiger partial charge in [0.1, 0.15) is 29.6 Å². The average molecular weight is 426 g/mol. The molecule has 1 saturated heterocycles. The number of anilines is 1. The molecule has 0 N–H and O–H groups in total. The Morgan fingerprint density at radius 1 is 0.935 bits per heavy atom. The summed E-state index contributed by atoms with van der Waals surface area (Å²) in [6.07, 6.45) is 0. The highest BCUT2D eigenvalue weighted by molar-refractivity contribution is 6.46. The van der Waals surface area contributed by atoms with Crippen molar-refractivity contribution in [1.82, 2.24) is 9.80 Å². The van der Waals surface area contributed by atoms with Crippen LogP contribution in [0.5, 0.6) is 0 Å². The van der Waals surface area contributed by atoms with Gasteiger partial charge in [0.15, 0.2) is 0 Å². The van der Waals surface area contributed by atoms with E-state index in [0.717, 1.165) is 5.69 Å². The number of piperazine rings is 1. The van der Waals surface area contributed by atoms with Gasteiger partial charge in [0.05, 0.1) is 0 Å². The van der Waals surface area contributed by atoms with Crippen LogP contribution in [0, 0.1) is 11.6 Å². The molecule has 2 amide bonds. The van der Waals surface area contributed by atoms with Crippen LogP contribution < -0.4 is 4.90 Å². The molecule has 0 spiro atoms. The summed E-state index contributed by atoms with van der Waals surface area (Å²) in [4.78, 5) is 35.7. The lowest BCUT2D eigenvalue weighted by atomic mass is 10.1. The summed E-state index contributed by atoms with van der Waals surface area (Å²) in [7, 11) is 0. The molecule has 2 heterocycles. The highest BCUT2D eigenvalue weighted by Crippen LogP contribution is 2.27. The van der Waals surface area contributed by atoms with Crippen LogP contribution in [0.3, 0.4) is 0 Å². The van der Waals surface area contributed by atoms with Crippen molar-refractivity contribution in [3.63, 3.8) is 0 Å². The van der Waals surface area contributed by atoms with Gasteiger partial charge in [-0.15, -0.1) is 0 Å². The van der Waals surface area contributed by atoms with Gasteiger partial charge in [-0.1, -0.05) is 0 Å². The molecular weight excluding hydrogens is 402 g/mol. The fourth-order valence-electron chi connectivity index (χ4n) is 3.92. The first kappa shape index (κ1) is 21.0. The standard InChI is InChI=1S/C23H24F2N4O2/c1-23(2)26-21(16-3-5-17(24)6-4-16)22(31)29(23)15-20(30)28-13-11-27(12-14-28)19-9-7-18(25)8-10-19/h3-10H,11-15H2,1-2H3. The maximum Gasteiger partial charge on any atom is 0.275 e. The second kappa shape index (κ2) is 8.09. The summed E-state index contributed by atoms with van der Waals surface area (Å²) in [5.74, 6) is -1.15. The highest BCUT2D eigenvalue weighted by Gasteiger charge is 2.42. The van der Waals surface area contributed by atoms with Gasteiger partial charge in [-0.3, -0.25) is 14.6 Å². The first-order valence-electron chi connectivity index (χ1n) is 10.2. The van der Waals surface area contributed by atoms with Crippen molar-refractivity contribution in [2.45, 2.75) is 19.5 Å². The number of benzene rings is 2. The molecule has 31 heavy (non-hydrogen) atoms. The first-order valence-corrected chi connectivity index (χ1v) is 10.2. The van der Waals surface area contributed by atoms with Crippen molar-refractivity contribution in [3.8, 4) is 0 Å². The van der Waals surface area contributed by atoms with E-state index in [1.165, 1.54) is 41.3 Å². The Morgan fingerprint density at radius 3 is 2.06 bits per heavy atom. The monoisotopic (exact) mass is 426 g/mol. The lowest BCUT2D eigenvalue weighted by molar-refractivity contribution is -0.140. The second-order valence-electron chi connectivity index (χ2n) is 8.20. The third-order valence-electron chi connectivity index (χ3n) is 5.73. The second-order valence-corrected chi connectivity index (χ2v) is 8.20. The predicted octanol–water partition coefficient (Wildman–Crippen LogP) is 2.68. The zero-order valence-corrected chi connectivity index (χ0v) is 17.5. The molecule has 2 aromatic carbocycles. The summed E-state index contributed by atoms with van der Waals surface area (Å²) in [5, 5.41) is 0. The van der Waals surface area contributed by atoms with E-state index in [-0.39, 0.29) is 35.7 Å². The number of amides is 2. The Morgan fingerprint density at radius 2 is 1.48 bits per heavy atom. The van der Waals surface area contributed by atoms with Gasteiger partial charge in [-0.25, -0.2) is 8.78 Å². The molecule has 0 unspecified atom stereocenters. The van der Waals surface area contributed by atoms with Gasteiger partial charge in [0.25, 0.3) is 5.91 Å². The molecule has 0 aliphatic carbocycles. The van der Waals surface area contributed by atoms with Crippen LogP contribution in [0.15, 0.2) is 53.5 Å². The molecule has 2 aliphatic rings. The molecule has 0 aromatic heterocycles. The zero-order chi connectivity index (χ0) is 22.2. The molecule has 2 aliphatic heterocycles. The summed E-state index contributed by atoms with van der Waals surface area (Å²) in [6.45, 7) is 5.78. The fraction of sp³-hybridized carbons (Fsp3) is 0.348. The van der Waals surface area contributed by atoms with Crippen LogP contribution in [0.2, 0.25) is 0 Å². The molecule has 8 heteroatoms. The van der Waals surface area contributed by atoms with E-state index >= 15 is 0 Å². The zero-order valence-electron chi connectivity index (χ0n) is 17.5. The maximum absolute atomic E-state index is 13.2. The normalized spacial score (nSPS) is 18.4. The minimum atomic E-state index is -0.869. The van der Waals surface area contributed by atoms with Crippen molar-refractivity contribution in [1.29, 1.82) is 0 Å². The van der Waals surface area contributed by atoms with Crippen LogP contribution in [0.25, 0.3) is 0 Å². The SMILES string of the molecule is CC1(C)N=C(c2ccc(F)cc2)C(=O)N1CC(=O)N1CCN(c2ccc(F)cc2)CC1. The van der Waals surface area contributed by atoms with E-state index in [1.54, 1.807) is 30.9 Å². The molecule has 0 radical (unpaired) electrons. The van der Waals surface area contributed by atoms with Crippen molar-refractivity contribution in [2.24, 2.45) is 4.99 Å². The Kier molecular flexibility index (Phi) is 5.47. The number of halogens is 2. The number of nitrogens with zero attached hydrogens (tertiary/aromatic N) is 4. The number of aliphatic imine (C=N–C) groups is 1. The number of hydrogen-bond donors (Lipinski definition) is 0. The summed E-state index contributed by atoms with van der Waals surface area (Å²) in [6, 6.07) is 11.9. The molecule has 0 atom stereocenters. The third kappa shape index (κ3) is 4.28.